The molecule has 2 unspecified atom stereocenters. The molecule has 0 radical (unpaired) electrons. The standard InChI is InChI=1S/C12H25N3O2S/c1-2-11-6-8-14(10-11)18(16,17)15-7-4-3-5-12(15)9-13/h11-12H,2-10,13H2,1H3. The minimum absolute atomic E-state index is 0.00410. The smallest absolute Gasteiger partial charge is 0.282 e. The van der Waals surface area contributed by atoms with Crippen molar-refractivity contribution < 1.29 is 8.42 Å². The van der Waals surface area contributed by atoms with E-state index in [9.17, 15) is 8.42 Å². The van der Waals surface area contributed by atoms with Gasteiger partial charge in [-0.15, -0.1) is 0 Å². The molecule has 0 bridgehead atoms. The summed E-state index contributed by atoms with van der Waals surface area (Å²) in [6.07, 6.45) is 5.01. The fourth-order valence-corrected chi connectivity index (χ4v) is 4.96. The van der Waals surface area contributed by atoms with Crippen LogP contribution in [-0.2, 0) is 10.2 Å². The Kier molecular flexibility index (Phi) is 4.64. The highest BCUT2D eigenvalue weighted by Crippen LogP contribution is 2.27. The summed E-state index contributed by atoms with van der Waals surface area (Å²) < 4.78 is 28.5. The van der Waals surface area contributed by atoms with Crippen LogP contribution < -0.4 is 5.73 Å². The molecular formula is C12H25N3O2S. The summed E-state index contributed by atoms with van der Waals surface area (Å²) in [4.78, 5) is 0. The molecule has 0 aromatic rings. The first-order valence-electron chi connectivity index (χ1n) is 7.06. The van der Waals surface area contributed by atoms with Gasteiger partial charge in [0.1, 0.15) is 0 Å². The molecule has 0 saturated carbocycles. The number of nitrogens with zero attached hydrogens (tertiary/aromatic N) is 2. The zero-order valence-corrected chi connectivity index (χ0v) is 12.0. The fourth-order valence-electron chi connectivity index (χ4n) is 3.00. The molecule has 18 heavy (non-hydrogen) atoms. The van der Waals surface area contributed by atoms with E-state index in [1.54, 1.807) is 8.61 Å². The maximum Gasteiger partial charge on any atom is 0.282 e. The molecule has 0 aromatic carbocycles. The van der Waals surface area contributed by atoms with E-state index < -0.39 is 10.2 Å². The van der Waals surface area contributed by atoms with Crippen LogP contribution in [0.2, 0.25) is 0 Å². The quantitative estimate of drug-likeness (QED) is 0.824. The molecule has 6 heteroatoms. The van der Waals surface area contributed by atoms with Gasteiger partial charge in [-0.1, -0.05) is 19.8 Å². The second-order valence-corrected chi connectivity index (χ2v) is 7.31. The van der Waals surface area contributed by atoms with E-state index in [0.29, 0.717) is 32.1 Å². The Bertz CT molecular complexity index is 372. The largest absolute Gasteiger partial charge is 0.329 e. The van der Waals surface area contributed by atoms with Crippen LogP contribution in [0.3, 0.4) is 0 Å². The Labute approximate surface area is 110 Å². The summed E-state index contributed by atoms with van der Waals surface area (Å²) in [5, 5.41) is 0. The van der Waals surface area contributed by atoms with Crippen molar-refractivity contribution in [3.05, 3.63) is 0 Å². The number of piperidine rings is 1. The summed E-state index contributed by atoms with van der Waals surface area (Å²) in [5.41, 5.74) is 5.72. The second kappa shape index (κ2) is 5.86. The summed E-state index contributed by atoms with van der Waals surface area (Å²) in [5.74, 6) is 0.529. The van der Waals surface area contributed by atoms with Gasteiger partial charge < -0.3 is 5.73 Å². The molecule has 2 heterocycles. The van der Waals surface area contributed by atoms with Crippen LogP contribution in [0.1, 0.15) is 39.0 Å². The van der Waals surface area contributed by atoms with Crippen LogP contribution >= 0.6 is 0 Å². The predicted molar refractivity (Wildman–Crippen MR) is 72.3 cm³/mol. The molecule has 2 aliphatic heterocycles. The predicted octanol–water partition coefficient (Wildman–Crippen LogP) is 0.776. The Hall–Kier alpha value is -0.170. The highest BCUT2D eigenvalue weighted by molar-refractivity contribution is 7.86. The Morgan fingerprint density at radius 2 is 2.00 bits per heavy atom. The zero-order chi connectivity index (χ0) is 13.2. The maximum atomic E-state index is 12.6. The molecule has 2 N–H and O–H groups in total. The minimum Gasteiger partial charge on any atom is -0.329 e. The summed E-state index contributed by atoms with van der Waals surface area (Å²) in [6, 6.07) is 0.00410. The Morgan fingerprint density at radius 3 is 2.61 bits per heavy atom. The lowest BCUT2D eigenvalue weighted by Gasteiger charge is -2.36. The van der Waals surface area contributed by atoms with E-state index in [2.05, 4.69) is 6.92 Å². The third-order valence-corrected chi connectivity index (χ3v) is 6.35. The van der Waals surface area contributed by atoms with Gasteiger partial charge in [0.05, 0.1) is 0 Å². The molecule has 2 fully saturated rings. The van der Waals surface area contributed by atoms with Crippen molar-refractivity contribution in [3.63, 3.8) is 0 Å². The minimum atomic E-state index is -3.28. The van der Waals surface area contributed by atoms with Crippen molar-refractivity contribution in [2.45, 2.75) is 45.1 Å². The van der Waals surface area contributed by atoms with Crippen molar-refractivity contribution in [3.8, 4) is 0 Å². The molecule has 0 aromatic heterocycles. The third kappa shape index (κ3) is 2.71. The topological polar surface area (TPSA) is 66.6 Å². The number of nitrogens with two attached hydrogens (primary N) is 1. The average Bonchev–Trinajstić information content (AvgIpc) is 2.88. The van der Waals surface area contributed by atoms with Gasteiger partial charge in [0, 0.05) is 32.2 Å². The van der Waals surface area contributed by atoms with Crippen LogP contribution in [0.25, 0.3) is 0 Å². The van der Waals surface area contributed by atoms with Gasteiger partial charge in [-0.25, -0.2) is 0 Å². The Balaban J connectivity index is 2.10. The summed E-state index contributed by atoms with van der Waals surface area (Å²) >= 11 is 0. The van der Waals surface area contributed by atoms with Crippen LogP contribution in [0.4, 0.5) is 0 Å². The van der Waals surface area contributed by atoms with Crippen molar-refractivity contribution in [2.75, 3.05) is 26.2 Å². The third-order valence-electron chi connectivity index (χ3n) is 4.29. The van der Waals surface area contributed by atoms with Gasteiger partial charge in [0.2, 0.25) is 0 Å². The molecular weight excluding hydrogens is 250 g/mol. The van der Waals surface area contributed by atoms with Crippen LogP contribution in [-0.4, -0.2) is 49.2 Å². The fraction of sp³-hybridized carbons (Fsp3) is 1.00. The number of rotatable bonds is 4. The van der Waals surface area contributed by atoms with E-state index in [-0.39, 0.29) is 6.04 Å². The van der Waals surface area contributed by atoms with E-state index in [4.69, 9.17) is 5.73 Å². The first-order valence-corrected chi connectivity index (χ1v) is 8.46. The highest BCUT2D eigenvalue weighted by atomic mass is 32.2. The van der Waals surface area contributed by atoms with Crippen molar-refractivity contribution >= 4 is 10.2 Å². The van der Waals surface area contributed by atoms with Gasteiger partial charge in [-0.3, -0.25) is 0 Å². The molecule has 106 valence electrons. The van der Waals surface area contributed by atoms with Gasteiger partial charge >= 0.3 is 0 Å². The summed E-state index contributed by atoms with van der Waals surface area (Å²) in [7, 11) is -3.28. The Morgan fingerprint density at radius 1 is 1.22 bits per heavy atom. The molecule has 5 nitrogen and oxygen atoms in total. The van der Waals surface area contributed by atoms with Crippen molar-refractivity contribution in [2.24, 2.45) is 11.7 Å². The van der Waals surface area contributed by atoms with Gasteiger partial charge in [0.15, 0.2) is 0 Å². The van der Waals surface area contributed by atoms with Gasteiger partial charge in [-0.2, -0.15) is 17.0 Å². The molecule has 0 spiro atoms. The lowest BCUT2D eigenvalue weighted by Crippen LogP contribution is -2.52. The van der Waals surface area contributed by atoms with Crippen LogP contribution in [0.5, 0.6) is 0 Å². The van der Waals surface area contributed by atoms with Gasteiger partial charge in [0.25, 0.3) is 10.2 Å². The monoisotopic (exact) mass is 275 g/mol. The number of hydrogen-bond donors (Lipinski definition) is 1. The van der Waals surface area contributed by atoms with E-state index >= 15 is 0 Å². The van der Waals surface area contributed by atoms with Gasteiger partial charge in [-0.05, 0) is 25.2 Å². The lowest BCUT2D eigenvalue weighted by atomic mass is 10.1. The first-order chi connectivity index (χ1) is 8.59. The highest BCUT2D eigenvalue weighted by Gasteiger charge is 2.38. The van der Waals surface area contributed by atoms with Crippen molar-refractivity contribution in [1.82, 2.24) is 8.61 Å². The normalized spacial score (nSPS) is 31.9. The average molecular weight is 275 g/mol. The maximum absolute atomic E-state index is 12.6. The molecule has 2 saturated heterocycles. The lowest BCUT2D eigenvalue weighted by molar-refractivity contribution is 0.239. The van der Waals surface area contributed by atoms with Crippen molar-refractivity contribution in [1.29, 1.82) is 0 Å². The SMILES string of the molecule is CCC1CCN(S(=O)(=O)N2CCCCC2CN)C1. The number of hydrogen-bond acceptors (Lipinski definition) is 3. The molecule has 2 atom stereocenters. The van der Waals surface area contributed by atoms with E-state index in [1.165, 1.54) is 0 Å². The zero-order valence-electron chi connectivity index (χ0n) is 11.2. The first kappa shape index (κ1) is 14.2. The van der Waals surface area contributed by atoms with Crippen LogP contribution in [0.15, 0.2) is 0 Å². The summed E-state index contributed by atoms with van der Waals surface area (Å²) in [6.45, 7) is 4.56. The molecule has 2 aliphatic rings. The van der Waals surface area contributed by atoms with E-state index in [0.717, 1.165) is 32.1 Å². The second-order valence-electron chi connectivity index (χ2n) is 5.42. The molecule has 0 aliphatic carbocycles. The van der Waals surface area contributed by atoms with Crippen LogP contribution in [0, 0.1) is 5.92 Å². The molecule has 2 rings (SSSR count). The van der Waals surface area contributed by atoms with E-state index in [1.807, 2.05) is 0 Å². The molecule has 0 amide bonds.